The predicted molar refractivity (Wildman–Crippen MR) is 106 cm³/mol. The molecule has 3 heterocycles. The third-order valence-electron chi connectivity index (χ3n) is 5.33. The average molecular weight is 394 g/mol. The Morgan fingerprint density at radius 2 is 1.89 bits per heavy atom. The Morgan fingerprint density at radius 3 is 2.59 bits per heavy atom. The van der Waals surface area contributed by atoms with Crippen molar-refractivity contribution in [2.75, 3.05) is 39.5 Å². The normalized spacial score (nSPS) is 21.9. The van der Waals surface area contributed by atoms with Crippen molar-refractivity contribution < 1.29 is 14.0 Å². The minimum absolute atomic E-state index is 0.0380. The van der Waals surface area contributed by atoms with Gasteiger partial charge in [0.15, 0.2) is 0 Å². The SMILES string of the molecule is CN(C)C(=O)N1C[C@H]2CC[C@@H](C1)N(C(=O)CCSCc1ccc(F)cc1)C2. The lowest BCUT2D eigenvalue weighted by atomic mass is 9.95. The Kier molecular flexibility index (Phi) is 6.63. The Balaban J connectivity index is 1.48. The maximum Gasteiger partial charge on any atom is 0.319 e. The molecule has 3 fully saturated rings. The van der Waals surface area contributed by atoms with Crippen LogP contribution < -0.4 is 0 Å². The second-order valence-electron chi connectivity index (χ2n) is 7.65. The van der Waals surface area contributed by atoms with E-state index in [0.29, 0.717) is 18.9 Å². The second-order valence-corrected chi connectivity index (χ2v) is 8.76. The van der Waals surface area contributed by atoms with Crippen molar-refractivity contribution in [1.82, 2.24) is 14.7 Å². The fourth-order valence-corrected chi connectivity index (χ4v) is 4.79. The minimum Gasteiger partial charge on any atom is -0.338 e. The molecule has 3 aliphatic heterocycles. The van der Waals surface area contributed by atoms with Crippen LogP contribution in [0.15, 0.2) is 24.3 Å². The molecule has 0 spiro atoms. The highest BCUT2D eigenvalue weighted by Crippen LogP contribution is 2.29. The van der Waals surface area contributed by atoms with Gasteiger partial charge in [0.25, 0.3) is 0 Å². The van der Waals surface area contributed by atoms with Crippen LogP contribution in [0.5, 0.6) is 0 Å². The first kappa shape index (κ1) is 20.0. The van der Waals surface area contributed by atoms with Crippen LogP contribution in [-0.2, 0) is 10.5 Å². The molecule has 3 amide bonds. The molecule has 0 N–H and O–H groups in total. The highest BCUT2D eigenvalue weighted by Gasteiger charge is 2.38. The van der Waals surface area contributed by atoms with Crippen molar-refractivity contribution in [1.29, 1.82) is 0 Å². The van der Waals surface area contributed by atoms with Crippen molar-refractivity contribution in [2.24, 2.45) is 5.92 Å². The quantitative estimate of drug-likeness (QED) is 0.722. The number of halogens is 1. The monoisotopic (exact) mass is 393 g/mol. The Bertz CT molecular complexity index is 668. The first-order valence-corrected chi connectivity index (χ1v) is 10.7. The first-order chi connectivity index (χ1) is 12.9. The van der Waals surface area contributed by atoms with E-state index in [2.05, 4.69) is 0 Å². The number of carbonyl (C=O) groups excluding carboxylic acids is 2. The van der Waals surface area contributed by atoms with Crippen LogP contribution in [0.1, 0.15) is 24.8 Å². The predicted octanol–water partition coefficient (Wildman–Crippen LogP) is 3.05. The molecule has 1 aromatic rings. The number of piperidine rings is 1. The van der Waals surface area contributed by atoms with E-state index in [0.717, 1.165) is 43.0 Å². The summed E-state index contributed by atoms with van der Waals surface area (Å²) in [6, 6.07) is 6.69. The number of nitrogens with zero attached hydrogens (tertiary/aromatic N) is 3. The van der Waals surface area contributed by atoms with Gasteiger partial charge in [-0.2, -0.15) is 11.8 Å². The van der Waals surface area contributed by atoms with Crippen LogP contribution >= 0.6 is 11.8 Å². The third kappa shape index (κ3) is 5.15. The van der Waals surface area contributed by atoms with Crippen molar-refractivity contribution >= 4 is 23.7 Å². The molecule has 27 heavy (non-hydrogen) atoms. The second kappa shape index (κ2) is 8.95. The van der Waals surface area contributed by atoms with E-state index in [1.807, 2.05) is 9.80 Å². The van der Waals surface area contributed by atoms with Crippen LogP contribution in [0.3, 0.4) is 0 Å². The maximum absolute atomic E-state index is 12.9. The van der Waals surface area contributed by atoms with Crippen molar-refractivity contribution in [3.8, 4) is 0 Å². The van der Waals surface area contributed by atoms with Crippen LogP contribution in [0.2, 0.25) is 0 Å². The summed E-state index contributed by atoms with van der Waals surface area (Å²) in [4.78, 5) is 30.6. The molecule has 3 saturated heterocycles. The van der Waals surface area contributed by atoms with Gasteiger partial charge in [0.2, 0.25) is 5.91 Å². The van der Waals surface area contributed by atoms with Crippen molar-refractivity contribution in [3.05, 3.63) is 35.6 Å². The van der Waals surface area contributed by atoms with Crippen molar-refractivity contribution in [3.63, 3.8) is 0 Å². The molecule has 2 bridgehead atoms. The lowest BCUT2D eigenvalue weighted by Gasteiger charge is -2.36. The Hall–Kier alpha value is -1.76. The molecule has 0 aromatic heterocycles. The number of hydrogen-bond acceptors (Lipinski definition) is 3. The van der Waals surface area contributed by atoms with Crippen LogP contribution in [0.25, 0.3) is 0 Å². The zero-order valence-corrected chi connectivity index (χ0v) is 16.9. The van der Waals surface area contributed by atoms with Crippen LogP contribution in [0.4, 0.5) is 9.18 Å². The van der Waals surface area contributed by atoms with E-state index >= 15 is 0 Å². The van der Waals surface area contributed by atoms with Gasteiger partial charge in [0.1, 0.15) is 5.82 Å². The highest BCUT2D eigenvalue weighted by atomic mass is 32.2. The summed E-state index contributed by atoms with van der Waals surface area (Å²) in [7, 11) is 3.55. The molecule has 0 unspecified atom stereocenters. The fraction of sp³-hybridized carbons (Fsp3) is 0.600. The van der Waals surface area contributed by atoms with E-state index in [-0.39, 0.29) is 23.8 Å². The summed E-state index contributed by atoms with van der Waals surface area (Å²) < 4.78 is 12.9. The van der Waals surface area contributed by atoms with E-state index in [9.17, 15) is 14.0 Å². The van der Waals surface area contributed by atoms with Gasteiger partial charge in [-0.3, -0.25) is 4.79 Å². The number of rotatable bonds is 5. The van der Waals surface area contributed by atoms with Gasteiger partial charge in [0.05, 0.1) is 0 Å². The summed E-state index contributed by atoms with van der Waals surface area (Å²) in [5.41, 5.74) is 1.07. The van der Waals surface area contributed by atoms with Gasteiger partial charge in [-0.25, -0.2) is 9.18 Å². The highest BCUT2D eigenvalue weighted by molar-refractivity contribution is 7.98. The van der Waals surface area contributed by atoms with Gasteiger partial charge in [-0.1, -0.05) is 12.1 Å². The molecule has 4 rings (SSSR count). The number of amides is 3. The molecule has 0 saturated carbocycles. The van der Waals surface area contributed by atoms with E-state index in [1.54, 1.807) is 42.9 Å². The summed E-state index contributed by atoms with van der Waals surface area (Å²) in [5, 5.41) is 0. The molecule has 148 valence electrons. The van der Waals surface area contributed by atoms with Gasteiger partial charge >= 0.3 is 6.03 Å². The molecule has 3 aliphatic rings. The molecule has 0 aliphatic carbocycles. The summed E-state index contributed by atoms with van der Waals surface area (Å²) in [6.07, 6.45) is 2.58. The van der Waals surface area contributed by atoms with Gasteiger partial charge in [0, 0.05) is 57.7 Å². The topological polar surface area (TPSA) is 43.9 Å². The van der Waals surface area contributed by atoms with Crippen LogP contribution in [-0.4, -0.2) is 72.2 Å². The Morgan fingerprint density at radius 1 is 1.15 bits per heavy atom. The number of benzene rings is 1. The third-order valence-corrected chi connectivity index (χ3v) is 6.36. The van der Waals surface area contributed by atoms with Gasteiger partial charge in [-0.15, -0.1) is 0 Å². The maximum atomic E-state index is 12.9. The summed E-state index contributed by atoms with van der Waals surface area (Å²) >= 11 is 1.70. The van der Waals surface area contributed by atoms with E-state index in [4.69, 9.17) is 0 Å². The molecule has 1 aromatic carbocycles. The fourth-order valence-electron chi connectivity index (χ4n) is 3.90. The van der Waals surface area contributed by atoms with E-state index < -0.39 is 0 Å². The molecule has 7 heteroatoms. The number of fused-ring (bicyclic) bond motifs is 4. The molecular formula is C20H28FN3O2S. The molecule has 0 radical (unpaired) electrons. The number of urea groups is 1. The number of carbonyl (C=O) groups is 2. The first-order valence-electron chi connectivity index (χ1n) is 9.52. The smallest absolute Gasteiger partial charge is 0.319 e. The van der Waals surface area contributed by atoms with Crippen molar-refractivity contribution in [2.45, 2.75) is 31.1 Å². The minimum atomic E-state index is -0.225. The lowest BCUT2D eigenvalue weighted by molar-refractivity contribution is -0.134. The number of hydrogen-bond donors (Lipinski definition) is 0. The Labute approximate surface area is 164 Å². The molecule has 2 atom stereocenters. The zero-order chi connectivity index (χ0) is 19.4. The molecule has 5 nitrogen and oxygen atoms in total. The summed E-state index contributed by atoms with van der Waals surface area (Å²) in [6.45, 7) is 2.15. The van der Waals surface area contributed by atoms with E-state index in [1.165, 1.54) is 12.1 Å². The largest absolute Gasteiger partial charge is 0.338 e. The lowest BCUT2D eigenvalue weighted by Crippen LogP contribution is -2.48. The zero-order valence-electron chi connectivity index (χ0n) is 16.1. The van der Waals surface area contributed by atoms with Crippen LogP contribution in [0, 0.1) is 11.7 Å². The molecular weight excluding hydrogens is 365 g/mol. The summed E-state index contributed by atoms with van der Waals surface area (Å²) in [5.74, 6) is 1.88. The van der Waals surface area contributed by atoms with Gasteiger partial charge in [-0.05, 0) is 36.5 Å². The average Bonchev–Trinajstić information content (AvgIpc) is 2.97. The van der Waals surface area contributed by atoms with Gasteiger partial charge < -0.3 is 14.7 Å². The number of thioether (sulfide) groups is 1. The standard InChI is InChI=1S/C20H28FN3O2S/c1-22(2)20(26)23-11-16-5-8-18(13-23)24(12-16)19(25)9-10-27-14-15-3-6-17(21)7-4-15/h3-4,6-7,16,18H,5,8-14H2,1-2H3/t16-,18+/m1/s1.